The van der Waals surface area contributed by atoms with Crippen LogP contribution < -0.4 is 15.7 Å². The molecule has 0 saturated heterocycles. The first-order valence-electron chi connectivity index (χ1n) is 9.85. The number of amides is 2. The van der Waals surface area contributed by atoms with Crippen LogP contribution in [0.25, 0.3) is 6.08 Å². The van der Waals surface area contributed by atoms with Crippen LogP contribution in [0, 0.1) is 0 Å². The zero-order chi connectivity index (χ0) is 22.9. The number of carboxylic acid groups (broad SMARTS) is 1. The quantitative estimate of drug-likeness (QED) is 0.471. The van der Waals surface area contributed by atoms with E-state index in [-0.39, 0.29) is 17.9 Å². The van der Waals surface area contributed by atoms with Gasteiger partial charge < -0.3 is 25.6 Å². The summed E-state index contributed by atoms with van der Waals surface area (Å²) < 4.78 is 0. The summed E-state index contributed by atoms with van der Waals surface area (Å²) in [6.45, 7) is 0. The van der Waals surface area contributed by atoms with E-state index in [1.54, 1.807) is 66.7 Å². The number of hydrogen-bond acceptors (Lipinski definition) is 5. The maximum atomic E-state index is 12.9. The van der Waals surface area contributed by atoms with Crippen LogP contribution in [0.5, 0.6) is 5.75 Å². The number of nitrogens with one attached hydrogen (secondary N) is 2. The third-order valence-electron chi connectivity index (χ3n) is 4.61. The average Bonchev–Trinajstić information content (AvgIpc) is 2.80. The van der Waals surface area contributed by atoms with Crippen molar-refractivity contribution in [2.24, 2.45) is 0 Å². The highest BCUT2D eigenvalue weighted by molar-refractivity contribution is 6.06. The lowest BCUT2D eigenvalue weighted by molar-refractivity contribution is -0.308. The molecule has 0 heterocycles. The largest absolute Gasteiger partial charge is 0.548 e. The maximum absolute atomic E-state index is 12.9. The van der Waals surface area contributed by atoms with Crippen molar-refractivity contribution in [2.45, 2.75) is 12.5 Å². The Morgan fingerprint density at radius 3 is 2.06 bits per heavy atom. The van der Waals surface area contributed by atoms with Crippen LogP contribution in [0.15, 0.2) is 90.6 Å². The maximum Gasteiger partial charge on any atom is 0.268 e. The molecule has 7 nitrogen and oxygen atoms in total. The number of carboxylic acids is 1. The Bertz CT molecular complexity index is 1110. The van der Waals surface area contributed by atoms with Crippen molar-refractivity contribution in [3.63, 3.8) is 0 Å². The molecule has 0 aliphatic carbocycles. The summed E-state index contributed by atoms with van der Waals surface area (Å²) in [4.78, 5) is 37.2. The van der Waals surface area contributed by atoms with Gasteiger partial charge in [0.1, 0.15) is 11.4 Å². The van der Waals surface area contributed by atoms with Crippen molar-refractivity contribution in [2.75, 3.05) is 0 Å². The molecule has 32 heavy (non-hydrogen) atoms. The smallest absolute Gasteiger partial charge is 0.268 e. The first kappa shape index (κ1) is 22.3. The van der Waals surface area contributed by atoms with E-state index in [9.17, 15) is 24.6 Å². The van der Waals surface area contributed by atoms with Gasteiger partial charge in [-0.15, -0.1) is 0 Å². The molecule has 0 aromatic heterocycles. The van der Waals surface area contributed by atoms with E-state index < -0.39 is 23.8 Å². The number of hydrogen-bond donors (Lipinski definition) is 3. The van der Waals surface area contributed by atoms with E-state index in [1.807, 2.05) is 6.07 Å². The number of benzene rings is 3. The van der Waals surface area contributed by atoms with Crippen LogP contribution in [0.4, 0.5) is 0 Å². The minimum Gasteiger partial charge on any atom is -0.548 e. The number of aliphatic carboxylic acids is 1. The Labute approximate surface area is 185 Å². The minimum absolute atomic E-state index is 0.0412. The van der Waals surface area contributed by atoms with E-state index in [1.165, 1.54) is 18.2 Å². The first-order valence-corrected chi connectivity index (χ1v) is 9.85. The Morgan fingerprint density at radius 2 is 1.47 bits per heavy atom. The van der Waals surface area contributed by atoms with Crippen LogP contribution in [-0.4, -0.2) is 28.9 Å². The normalized spacial score (nSPS) is 11.9. The van der Waals surface area contributed by atoms with Crippen LogP contribution in [0.2, 0.25) is 0 Å². The van der Waals surface area contributed by atoms with E-state index in [0.717, 1.165) is 0 Å². The van der Waals surface area contributed by atoms with Gasteiger partial charge in [0.2, 0.25) is 0 Å². The Balaban J connectivity index is 1.83. The van der Waals surface area contributed by atoms with Crippen molar-refractivity contribution >= 4 is 23.9 Å². The number of carbonyl (C=O) groups excluding carboxylic acids is 3. The van der Waals surface area contributed by atoms with Gasteiger partial charge in [-0.3, -0.25) is 9.59 Å². The molecule has 1 atom stereocenters. The predicted octanol–water partition coefficient (Wildman–Crippen LogP) is 1.64. The molecule has 0 bridgehead atoms. The van der Waals surface area contributed by atoms with Gasteiger partial charge in [0.25, 0.3) is 11.8 Å². The second-order valence-corrected chi connectivity index (χ2v) is 7.00. The van der Waals surface area contributed by atoms with Crippen LogP contribution in [0.1, 0.15) is 21.5 Å². The summed E-state index contributed by atoms with van der Waals surface area (Å²) in [6, 6.07) is 21.8. The van der Waals surface area contributed by atoms with Crippen LogP contribution in [0.3, 0.4) is 0 Å². The van der Waals surface area contributed by atoms with Gasteiger partial charge in [-0.1, -0.05) is 60.7 Å². The molecule has 0 aliphatic rings. The van der Waals surface area contributed by atoms with E-state index >= 15 is 0 Å². The Hall–Kier alpha value is -4.39. The van der Waals surface area contributed by atoms with Crippen LogP contribution in [-0.2, 0) is 16.0 Å². The summed E-state index contributed by atoms with van der Waals surface area (Å²) >= 11 is 0. The van der Waals surface area contributed by atoms with Crippen LogP contribution >= 0.6 is 0 Å². The number of phenolic OH excluding ortho intramolecular Hbond substituents is 1. The highest BCUT2D eigenvalue weighted by Crippen LogP contribution is 2.12. The lowest BCUT2D eigenvalue weighted by atomic mass is 10.1. The molecule has 3 aromatic rings. The van der Waals surface area contributed by atoms with Crippen molar-refractivity contribution < 1.29 is 24.6 Å². The number of carbonyl (C=O) groups is 3. The molecule has 3 N–H and O–H groups in total. The lowest BCUT2D eigenvalue weighted by Crippen LogP contribution is -2.50. The van der Waals surface area contributed by atoms with Gasteiger partial charge in [-0.25, -0.2) is 0 Å². The molecular weight excluding hydrogens is 408 g/mol. The second-order valence-electron chi connectivity index (χ2n) is 7.00. The molecule has 0 aliphatic heterocycles. The SMILES string of the molecule is O=C(N[C@@H](Cc1ccc(O)cc1)C(=O)[O-])/C(=C/c1ccccc1)NC(=O)c1ccccc1. The number of rotatable bonds is 8. The monoisotopic (exact) mass is 429 g/mol. The van der Waals surface area contributed by atoms with Crippen molar-refractivity contribution in [3.8, 4) is 5.75 Å². The molecule has 0 radical (unpaired) electrons. The zero-order valence-electron chi connectivity index (χ0n) is 17.0. The molecule has 162 valence electrons. The number of phenols is 1. The summed E-state index contributed by atoms with van der Waals surface area (Å²) in [5.41, 5.74) is 1.47. The topological polar surface area (TPSA) is 119 Å². The van der Waals surface area contributed by atoms with Crippen molar-refractivity contribution in [1.29, 1.82) is 0 Å². The molecule has 7 heteroatoms. The van der Waals surface area contributed by atoms with Gasteiger partial charge in [0, 0.05) is 5.56 Å². The third kappa shape index (κ3) is 6.30. The summed E-state index contributed by atoms with van der Waals surface area (Å²) in [7, 11) is 0. The van der Waals surface area contributed by atoms with Gasteiger partial charge in [-0.05, 0) is 47.9 Å². The molecule has 0 unspecified atom stereocenters. The second kappa shape index (κ2) is 10.6. The van der Waals surface area contributed by atoms with Gasteiger partial charge in [-0.2, -0.15) is 0 Å². The highest BCUT2D eigenvalue weighted by Gasteiger charge is 2.20. The predicted molar refractivity (Wildman–Crippen MR) is 117 cm³/mol. The zero-order valence-corrected chi connectivity index (χ0v) is 17.0. The fourth-order valence-electron chi connectivity index (χ4n) is 2.96. The molecule has 3 aromatic carbocycles. The average molecular weight is 429 g/mol. The molecule has 3 rings (SSSR count). The lowest BCUT2D eigenvalue weighted by Gasteiger charge is -2.21. The molecule has 0 saturated carbocycles. The number of aromatic hydroxyl groups is 1. The van der Waals surface area contributed by atoms with E-state index in [2.05, 4.69) is 10.6 Å². The van der Waals surface area contributed by atoms with E-state index in [0.29, 0.717) is 16.7 Å². The Kier molecular flexibility index (Phi) is 7.37. The van der Waals surface area contributed by atoms with E-state index in [4.69, 9.17) is 0 Å². The first-order chi connectivity index (χ1) is 15.4. The van der Waals surface area contributed by atoms with Crippen molar-refractivity contribution in [1.82, 2.24) is 10.6 Å². The van der Waals surface area contributed by atoms with Gasteiger partial charge >= 0.3 is 0 Å². The standard InChI is InChI=1S/C25H22N2O5/c28-20-13-11-18(12-14-20)16-22(25(31)32)27-24(30)21(15-17-7-3-1-4-8-17)26-23(29)19-9-5-2-6-10-19/h1-15,22,28H,16H2,(H,26,29)(H,27,30)(H,31,32)/p-1/b21-15-/t22-/m0/s1. The highest BCUT2D eigenvalue weighted by atomic mass is 16.4. The summed E-state index contributed by atoms with van der Waals surface area (Å²) in [5, 5.41) is 26.0. The summed E-state index contributed by atoms with van der Waals surface area (Å²) in [6.07, 6.45) is 1.41. The molecule has 0 fully saturated rings. The molecular formula is C25H21N2O5-. The van der Waals surface area contributed by atoms with Gasteiger partial charge in [0.15, 0.2) is 0 Å². The summed E-state index contributed by atoms with van der Waals surface area (Å²) in [5.74, 6) is -2.71. The third-order valence-corrected chi connectivity index (χ3v) is 4.61. The van der Waals surface area contributed by atoms with Gasteiger partial charge in [0.05, 0.1) is 12.0 Å². The molecule has 0 spiro atoms. The fourth-order valence-corrected chi connectivity index (χ4v) is 2.96. The Morgan fingerprint density at radius 1 is 0.875 bits per heavy atom. The van der Waals surface area contributed by atoms with Crippen molar-refractivity contribution in [3.05, 3.63) is 107 Å². The minimum atomic E-state index is -1.47. The molecule has 2 amide bonds. The fraction of sp³-hybridized carbons (Fsp3) is 0.0800.